The van der Waals surface area contributed by atoms with Gasteiger partial charge in [-0.3, -0.25) is 4.90 Å². The first-order valence-corrected chi connectivity index (χ1v) is 8.31. The number of amides is 2. The van der Waals surface area contributed by atoms with Gasteiger partial charge in [0.25, 0.3) is 0 Å². The summed E-state index contributed by atoms with van der Waals surface area (Å²) in [4.78, 5) is 15.8. The molecule has 2 atom stereocenters. The minimum atomic E-state index is -0.892. The fourth-order valence-corrected chi connectivity index (χ4v) is 3.10. The van der Waals surface area contributed by atoms with Crippen molar-refractivity contribution < 1.29 is 18.1 Å². The smallest absolute Gasteiger partial charge is 0.317 e. The number of carbonyl (C=O) groups excluding carboxylic acids is 1. The van der Waals surface area contributed by atoms with Crippen LogP contribution in [0.5, 0.6) is 0 Å². The predicted molar refractivity (Wildman–Crippen MR) is 88.5 cm³/mol. The highest BCUT2D eigenvalue weighted by Crippen LogP contribution is 2.23. The molecule has 1 N–H and O–H groups in total. The largest absolute Gasteiger partial charge is 0.472 e. The van der Waals surface area contributed by atoms with E-state index in [4.69, 9.17) is 8.94 Å². The second-order valence-electron chi connectivity index (χ2n) is 6.52. The Kier molecular flexibility index (Phi) is 5.37. The fraction of sp³-hybridized carbons (Fsp3) is 0.529. The number of likely N-dealkylation sites (tertiary alicyclic amines) is 1. The van der Waals surface area contributed by atoms with Gasteiger partial charge in [0, 0.05) is 44.4 Å². The number of hydrogen-bond donors (Lipinski definition) is 1. The maximum absolute atomic E-state index is 13.9. The first-order chi connectivity index (χ1) is 12.0. The van der Waals surface area contributed by atoms with Crippen LogP contribution in [0.2, 0.25) is 0 Å². The van der Waals surface area contributed by atoms with E-state index < -0.39 is 6.17 Å². The van der Waals surface area contributed by atoms with Crippen LogP contribution in [-0.4, -0.2) is 53.3 Å². The molecule has 1 aliphatic heterocycles. The summed E-state index contributed by atoms with van der Waals surface area (Å²) < 4.78 is 24.1. The van der Waals surface area contributed by atoms with Gasteiger partial charge >= 0.3 is 6.03 Å². The molecule has 0 aliphatic carbocycles. The highest BCUT2D eigenvalue weighted by molar-refractivity contribution is 5.73. The topological polar surface area (TPSA) is 74.8 Å². The van der Waals surface area contributed by atoms with Crippen molar-refractivity contribution in [2.75, 3.05) is 20.1 Å². The number of urea groups is 1. The first-order valence-electron chi connectivity index (χ1n) is 8.31. The third kappa shape index (κ3) is 4.60. The number of furan rings is 1. The van der Waals surface area contributed by atoms with Crippen LogP contribution in [-0.2, 0) is 13.1 Å². The summed E-state index contributed by atoms with van der Waals surface area (Å²) in [5.74, 6) is 0.712. The molecule has 3 heterocycles. The minimum absolute atomic E-state index is 0.0509. The summed E-state index contributed by atoms with van der Waals surface area (Å²) in [5.41, 5.74) is 1.70. The number of hydrogen-bond acceptors (Lipinski definition) is 5. The molecular formula is C17H23FN4O3. The zero-order chi connectivity index (χ0) is 17.8. The van der Waals surface area contributed by atoms with Gasteiger partial charge in [-0.25, -0.2) is 9.18 Å². The molecule has 0 radical (unpaired) electrons. The van der Waals surface area contributed by atoms with Crippen molar-refractivity contribution >= 4 is 6.03 Å². The Morgan fingerprint density at radius 1 is 1.56 bits per heavy atom. The first kappa shape index (κ1) is 17.5. The normalized spacial score (nSPS) is 20.8. The van der Waals surface area contributed by atoms with E-state index in [1.807, 2.05) is 17.9 Å². The van der Waals surface area contributed by atoms with Crippen molar-refractivity contribution in [3.05, 3.63) is 41.7 Å². The lowest BCUT2D eigenvalue weighted by Gasteiger charge is -2.27. The number of aromatic nitrogens is 1. The van der Waals surface area contributed by atoms with Gasteiger partial charge in [-0.15, -0.1) is 0 Å². The van der Waals surface area contributed by atoms with Crippen LogP contribution < -0.4 is 5.32 Å². The summed E-state index contributed by atoms with van der Waals surface area (Å²) in [7, 11) is 1.72. The van der Waals surface area contributed by atoms with Gasteiger partial charge in [-0.05, 0) is 19.4 Å². The molecule has 1 saturated heterocycles. The number of aryl methyl sites for hydroxylation is 1. The number of carbonyl (C=O) groups is 1. The Bertz CT molecular complexity index is 688. The fourth-order valence-electron chi connectivity index (χ4n) is 3.10. The molecule has 25 heavy (non-hydrogen) atoms. The predicted octanol–water partition coefficient (Wildman–Crippen LogP) is 2.33. The van der Waals surface area contributed by atoms with Crippen molar-refractivity contribution in [1.29, 1.82) is 0 Å². The van der Waals surface area contributed by atoms with E-state index in [2.05, 4.69) is 10.5 Å². The molecule has 2 aromatic rings. The van der Waals surface area contributed by atoms with Crippen LogP contribution in [0.25, 0.3) is 0 Å². The zero-order valence-corrected chi connectivity index (χ0v) is 14.4. The number of likely N-dealkylation sites (N-methyl/N-ethyl adjacent to an activating group) is 1. The average Bonchev–Trinajstić information content (AvgIpc) is 3.29. The highest BCUT2D eigenvalue weighted by atomic mass is 19.1. The molecule has 1 fully saturated rings. The molecule has 0 aromatic carbocycles. The lowest BCUT2D eigenvalue weighted by Crippen LogP contribution is -2.44. The molecule has 3 rings (SSSR count). The summed E-state index contributed by atoms with van der Waals surface area (Å²) in [6.07, 6.45) is 2.67. The molecule has 0 saturated carbocycles. The van der Waals surface area contributed by atoms with Gasteiger partial charge in [0.15, 0.2) is 5.76 Å². The summed E-state index contributed by atoms with van der Waals surface area (Å²) in [5, 5.41) is 6.69. The van der Waals surface area contributed by atoms with E-state index in [1.165, 1.54) is 0 Å². The standard InChI is InChI=1S/C17H23FN4O3/c1-12-5-16(25-20-12)10-22-8-14(18)6-15(22)9-21(2)17(23)19-7-13-3-4-24-11-13/h3-5,11,14-15H,6-10H2,1-2H3,(H,19,23)/t14-,15-/m0/s1. The van der Waals surface area contributed by atoms with Gasteiger partial charge in [-0.1, -0.05) is 5.16 Å². The molecule has 2 amide bonds. The second kappa shape index (κ2) is 7.69. The van der Waals surface area contributed by atoms with Gasteiger partial charge in [-0.2, -0.15) is 0 Å². The number of halogens is 1. The third-order valence-electron chi connectivity index (χ3n) is 4.37. The SMILES string of the molecule is Cc1cc(CN2C[C@@H](F)C[C@H]2CN(C)C(=O)NCc2ccoc2)on1. The quantitative estimate of drug-likeness (QED) is 0.865. The van der Waals surface area contributed by atoms with Crippen LogP contribution in [0, 0.1) is 6.92 Å². The third-order valence-corrected chi connectivity index (χ3v) is 4.37. The maximum Gasteiger partial charge on any atom is 0.317 e. The molecule has 0 unspecified atom stereocenters. The maximum atomic E-state index is 13.9. The zero-order valence-electron chi connectivity index (χ0n) is 14.4. The highest BCUT2D eigenvalue weighted by Gasteiger charge is 2.34. The van der Waals surface area contributed by atoms with E-state index in [1.54, 1.807) is 30.5 Å². The van der Waals surface area contributed by atoms with Crippen LogP contribution in [0.1, 0.15) is 23.4 Å². The average molecular weight is 350 g/mol. The lowest BCUT2D eigenvalue weighted by atomic mass is 10.2. The molecule has 0 bridgehead atoms. The number of rotatable bonds is 6. The van der Waals surface area contributed by atoms with Crippen LogP contribution >= 0.6 is 0 Å². The Labute approximate surface area is 145 Å². The molecule has 0 spiro atoms. The van der Waals surface area contributed by atoms with Crippen molar-refractivity contribution in [2.24, 2.45) is 0 Å². The molecule has 7 nitrogen and oxygen atoms in total. The Balaban J connectivity index is 1.52. The monoisotopic (exact) mass is 350 g/mol. The Hall–Kier alpha value is -2.35. The van der Waals surface area contributed by atoms with Crippen LogP contribution in [0.3, 0.4) is 0 Å². The summed E-state index contributed by atoms with van der Waals surface area (Å²) in [6.45, 7) is 3.54. The van der Waals surface area contributed by atoms with Crippen LogP contribution in [0.4, 0.5) is 9.18 Å². The second-order valence-corrected chi connectivity index (χ2v) is 6.52. The van der Waals surface area contributed by atoms with Crippen molar-refractivity contribution in [3.63, 3.8) is 0 Å². The number of nitrogens with one attached hydrogen (secondary N) is 1. The molecule has 8 heteroatoms. The van der Waals surface area contributed by atoms with Crippen molar-refractivity contribution in [1.82, 2.24) is 20.3 Å². The Morgan fingerprint density at radius 3 is 3.08 bits per heavy atom. The number of alkyl halides is 1. The van der Waals surface area contributed by atoms with E-state index >= 15 is 0 Å². The molecular weight excluding hydrogens is 327 g/mol. The molecule has 2 aromatic heterocycles. The van der Waals surface area contributed by atoms with Gasteiger partial charge in [0.2, 0.25) is 0 Å². The van der Waals surface area contributed by atoms with Crippen molar-refractivity contribution in [2.45, 2.75) is 38.6 Å². The lowest BCUT2D eigenvalue weighted by molar-refractivity contribution is 0.165. The molecule has 1 aliphatic rings. The van der Waals surface area contributed by atoms with Gasteiger partial charge in [0.05, 0.1) is 24.8 Å². The molecule has 136 valence electrons. The van der Waals surface area contributed by atoms with E-state index in [9.17, 15) is 9.18 Å². The van der Waals surface area contributed by atoms with Crippen molar-refractivity contribution in [3.8, 4) is 0 Å². The van der Waals surface area contributed by atoms with E-state index in [0.717, 1.165) is 11.3 Å². The van der Waals surface area contributed by atoms with Crippen LogP contribution in [0.15, 0.2) is 33.6 Å². The van der Waals surface area contributed by atoms with E-state index in [0.29, 0.717) is 38.4 Å². The minimum Gasteiger partial charge on any atom is -0.472 e. The Morgan fingerprint density at radius 2 is 2.40 bits per heavy atom. The van der Waals surface area contributed by atoms with Gasteiger partial charge in [0.1, 0.15) is 6.17 Å². The van der Waals surface area contributed by atoms with E-state index in [-0.39, 0.29) is 12.1 Å². The van der Waals surface area contributed by atoms with Gasteiger partial charge < -0.3 is 19.2 Å². The number of nitrogens with zero attached hydrogens (tertiary/aromatic N) is 3. The summed E-state index contributed by atoms with van der Waals surface area (Å²) >= 11 is 0. The summed E-state index contributed by atoms with van der Waals surface area (Å²) in [6, 6.07) is 3.40.